The van der Waals surface area contributed by atoms with Gasteiger partial charge in [-0.05, 0) is 25.3 Å². The summed E-state index contributed by atoms with van der Waals surface area (Å²) in [5, 5.41) is 3.35. The lowest BCUT2D eigenvalue weighted by Crippen LogP contribution is -2.21. The van der Waals surface area contributed by atoms with Crippen molar-refractivity contribution in [2.24, 2.45) is 0 Å². The Balaban J connectivity index is 0.000000671. The maximum Gasteiger partial charge on any atom is 0.0329 e. The Labute approximate surface area is 82.2 Å². The van der Waals surface area contributed by atoms with Gasteiger partial charge in [-0.25, -0.2) is 0 Å². The number of hydrogen-bond acceptors (Lipinski definition) is 1. The van der Waals surface area contributed by atoms with Gasteiger partial charge in [0.25, 0.3) is 0 Å². The Morgan fingerprint density at radius 2 is 2.08 bits per heavy atom. The van der Waals surface area contributed by atoms with Crippen LogP contribution >= 0.6 is 0 Å². The molecule has 0 amide bonds. The molecule has 1 saturated heterocycles. The van der Waals surface area contributed by atoms with Crippen molar-refractivity contribution in [1.29, 1.82) is 0 Å². The third kappa shape index (κ3) is 3.97. The fraction of sp³-hybridized carbons (Fsp3) is 0.500. The lowest BCUT2D eigenvalue weighted by atomic mass is 10.0. The molecule has 0 radical (unpaired) electrons. The van der Waals surface area contributed by atoms with Gasteiger partial charge in [0, 0.05) is 12.2 Å². The fourth-order valence-electron chi connectivity index (χ4n) is 1.35. The molecule has 1 heteroatoms. The number of allylic oxidation sites excluding steroid dienone is 4. The van der Waals surface area contributed by atoms with Crippen LogP contribution in [0, 0.1) is 0 Å². The number of rotatable bonds is 1. The summed E-state index contributed by atoms with van der Waals surface area (Å²) in [6.07, 6.45) is 8.47. The monoisotopic (exact) mass is 179 g/mol. The summed E-state index contributed by atoms with van der Waals surface area (Å²) in [6.45, 7) is 10.9. The average Bonchev–Trinajstić information content (AvgIpc) is 2.22. The van der Waals surface area contributed by atoms with Gasteiger partial charge in [0.05, 0.1) is 0 Å². The lowest BCUT2D eigenvalue weighted by Gasteiger charge is -2.19. The van der Waals surface area contributed by atoms with Crippen molar-refractivity contribution in [3.8, 4) is 0 Å². The Morgan fingerprint density at radius 3 is 2.62 bits per heavy atom. The summed E-state index contributed by atoms with van der Waals surface area (Å²) in [7, 11) is 0. The highest BCUT2D eigenvalue weighted by atomic mass is 14.9. The minimum atomic E-state index is 1.11. The first-order chi connectivity index (χ1) is 6.38. The number of hydrogen-bond donors (Lipinski definition) is 1. The van der Waals surface area contributed by atoms with E-state index in [1.807, 2.05) is 19.9 Å². The van der Waals surface area contributed by atoms with Crippen LogP contribution in [0.3, 0.4) is 0 Å². The minimum Gasteiger partial charge on any atom is -0.385 e. The molecule has 1 N–H and O–H groups in total. The van der Waals surface area contributed by atoms with E-state index in [-0.39, 0.29) is 0 Å². The standard InChI is InChI=1S/C10H15N.C2H6/c1-3-6-9-7-5-8-11-10(9)4-2;1-2/h3-4,6,11H,1,5,7-8H2,2H3;1-2H3/b9-6-,10-4+;. The highest BCUT2D eigenvalue weighted by Crippen LogP contribution is 2.17. The molecule has 1 heterocycles. The zero-order valence-electron chi connectivity index (χ0n) is 9.06. The second-order valence-electron chi connectivity index (χ2n) is 2.66. The van der Waals surface area contributed by atoms with Crippen LogP contribution in [0.15, 0.2) is 36.1 Å². The molecule has 0 aromatic carbocycles. The maximum atomic E-state index is 3.69. The third-order valence-electron chi connectivity index (χ3n) is 1.89. The molecule has 0 unspecified atom stereocenters. The first kappa shape index (κ1) is 12.0. The van der Waals surface area contributed by atoms with Gasteiger partial charge < -0.3 is 5.32 Å². The van der Waals surface area contributed by atoms with E-state index in [4.69, 9.17) is 0 Å². The van der Waals surface area contributed by atoms with E-state index in [2.05, 4.69) is 31.0 Å². The molecular formula is C12H21N. The first-order valence-corrected chi connectivity index (χ1v) is 5.10. The van der Waals surface area contributed by atoms with Gasteiger partial charge in [0.15, 0.2) is 0 Å². The SMILES string of the molecule is C=C/C=C1/CCCN/C1=C/C.CC. The molecule has 0 aliphatic carbocycles. The minimum absolute atomic E-state index is 1.11. The van der Waals surface area contributed by atoms with Gasteiger partial charge in [-0.2, -0.15) is 0 Å². The topological polar surface area (TPSA) is 12.0 Å². The summed E-state index contributed by atoms with van der Waals surface area (Å²) >= 11 is 0. The molecule has 74 valence electrons. The van der Waals surface area contributed by atoms with E-state index in [9.17, 15) is 0 Å². The van der Waals surface area contributed by atoms with Crippen molar-refractivity contribution >= 4 is 0 Å². The van der Waals surface area contributed by atoms with Crippen LogP contribution in [-0.4, -0.2) is 6.54 Å². The predicted molar refractivity (Wildman–Crippen MR) is 60.6 cm³/mol. The van der Waals surface area contributed by atoms with Gasteiger partial charge in [-0.1, -0.05) is 38.7 Å². The van der Waals surface area contributed by atoms with Crippen molar-refractivity contribution < 1.29 is 0 Å². The molecule has 1 fully saturated rings. The summed E-state index contributed by atoms with van der Waals surface area (Å²) in [5.41, 5.74) is 2.66. The molecule has 1 aliphatic heterocycles. The second kappa shape index (κ2) is 7.66. The van der Waals surface area contributed by atoms with Crippen LogP contribution in [0.4, 0.5) is 0 Å². The van der Waals surface area contributed by atoms with Crippen LogP contribution in [0.25, 0.3) is 0 Å². The largest absolute Gasteiger partial charge is 0.385 e. The first-order valence-electron chi connectivity index (χ1n) is 5.10. The van der Waals surface area contributed by atoms with Crippen LogP contribution in [0.1, 0.15) is 33.6 Å². The van der Waals surface area contributed by atoms with Crippen molar-refractivity contribution in [2.75, 3.05) is 6.54 Å². The van der Waals surface area contributed by atoms with E-state index >= 15 is 0 Å². The zero-order chi connectivity index (χ0) is 10.1. The Morgan fingerprint density at radius 1 is 1.38 bits per heavy atom. The smallest absolute Gasteiger partial charge is 0.0329 e. The molecule has 0 bridgehead atoms. The molecule has 1 nitrogen and oxygen atoms in total. The van der Waals surface area contributed by atoms with Gasteiger partial charge in [-0.3, -0.25) is 0 Å². The zero-order valence-corrected chi connectivity index (χ0v) is 9.06. The quantitative estimate of drug-likeness (QED) is 0.650. The third-order valence-corrected chi connectivity index (χ3v) is 1.89. The number of nitrogens with one attached hydrogen (secondary N) is 1. The Bertz CT molecular complexity index is 199. The van der Waals surface area contributed by atoms with Crippen molar-refractivity contribution in [3.05, 3.63) is 36.1 Å². The van der Waals surface area contributed by atoms with Crippen molar-refractivity contribution in [3.63, 3.8) is 0 Å². The Hall–Kier alpha value is -0.980. The van der Waals surface area contributed by atoms with Crippen molar-refractivity contribution in [1.82, 2.24) is 5.32 Å². The predicted octanol–water partition coefficient (Wildman–Crippen LogP) is 3.41. The van der Waals surface area contributed by atoms with E-state index in [0.717, 1.165) is 6.54 Å². The van der Waals surface area contributed by atoms with Gasteiger partial charge in [0.1, 0.15) is 0 Å². The summed E-state index contributed by atoms with van der Waals surface area (Å²) in [6, 6.07) is 0. The second-order valence-corrected chi connectivity index (χ2v) is 2.66. The molecule has 0 spiro atoms. The van der Waals surface area contributed by atoms with Gasteiger partial charge in [-0.15, -0.1) is 0 Å². The van der Waals surface area contributed by atoms with Gasteiger partial charge >= 0.3 is 0 Å². The van der Waals surface area contributed by atoms with E-state index < -0.39 is 0 Å². The van der Waals surface area contributed by atoms with E-state index in [1.165, 1.54) is 24.1 Å². The summed E-state index contributed by atoms with van der Waals surface area (Å²) < 4.78 is 0. The summed E-state index contributed by atoms with van der Waals surface area (Å²) in [4.78, 5) is 0. The molecule has 1 aliphatic rings. The highest BCUT2D eigenvalue weighted by molar-refractivity contribution is 5.33. The molecule has 1 rings (SSSR count). The van der Waals surface area contributed by atoms with Gasteiger partial charge in [0.2, 0.25) is 0 Å². The molecule has 0 aromatic heterocycles. The highest BCUT2D eigenvalue weighted by Gasteiger charge is 2.07. The van der Waals surface area contributed by atoms with Crippen molar-refractivity contribution in [2.45, 2.75) is 33.6 Å². The lowest BCUT2D eigenvalue weighted by molar-refractivity contribution is 0.668. The molecule has 0 aromatic rings. The van der Waals surface area contributed by atoms with E-state index in [0.29, 0.717) is 0 Å². The molecule has 0 atom stereocenters. The van der Waals surface area contributed by atoms with Crippen LogP contribution in [0.2, 0.25) is 0 Å². The molecular weight excluding hydrogens is 158 g/mol. The number of piperidine rings is 1. The Kier molecular flexibility index (Phi) is 7.08. The van der Waals surface area contributed by atoms with Crippen LogP contribution < -0.4 is 5.32 Å². The van der Waals surface area contributed by atoms with Crippen LogP contribution in [0.5, 0.6) is 0 Å². The average molecular weight is 179 g/mol. The molecule has 13 heavy (non-hydrogen) atoms. The fourth-order valence-corrected chi connectivity index (χ4v) is 1.35. The normalized spacial score (nSPS) is 21.8. The van der Waals surface area contributed by atoms with Crippen LogP contribution in [-0.2, 0) is 0 Å². The maximum absolute atomic E-state index is 3.69. The summed E-state index contributed by atoms with van der Waals surface area (Å²) in [5.74, 6) is 0. The molecule has 0 saturated carbocycles. The van der Waals surface area contributed by atoms with E-state index in [1.54, 1.807) is 0 Å².